The van der Waals surface area contributed by atoms with Crippen LogP contribution in [0.1, 0.15) is 31.7 Å². The number of hydrogen-bond donors (Lipinski definition) is 2. The SMILES string of the molecule is CCOc1ccc(Oc2cc(CNC(=O)C3CCC(N)C3)ccn2)cc1.Cl.Cl. The second kappa shape index (κ2) is 11.7. The van der Waals surface area contributed by atoms with Crippen molar-refractivity contribution in [2.24, 2.45) is 11.7 Å². The van der Waals surface area contributed by atoms with Gasteiger partial charge in [-0.2, -0.15) is 0 Å². The smallest absolute Gasteiger partial charge is 0.223 e. The van der Waals surface area contributed by atoms with Gasteiger partial charge in [0.1, 0.15) is 11.5 Å². The van der Waals surface area contributed by atoms with E-state index in [1.165, 1.54) is 0 Å². The van der Waals surface area contributed by atoms with Crippen molar-refractivity contribution >= 4 is 30.7 Å². The summed E-state index contributed by atoms with van der Waals surface area (Å²) in [6.07, 6.45) is 4.24. The van der Waals surface area contributed by atoms with Crippen LogP contribution in [0, 0.1) is 5.92 Å². The molecule has 1 aromatic heterocycles. The summed E-state index contributed by atoms with van der Waals surface area (Å²) in [7, 11) is 0. The van der Waals surface area contributed by atoms with Gasteiger partial charge in [-0.15, -0.1) is 24.8 Å². The van der Waals surface area contributed by atoms with Gasteiger partial charge >= 0.3 is 0 Å². The zero-order valence-electron chi connectivity index (χ0n) is 15.8. The first kappa shape index (κ1) is 24.0. The van der Waals surface area contributed by atoms with Gasteiger partial charge in [-0.1, -0.05) is 0 Å². The largest absolute Gasteiger partial charge is 0.494 e. The van der Waals surface area contributed by atoms with Crippen molar-refractivity contribution in [2.45, 2.75) is 38.8 Å². The van der Waals surface area contributed by atoms with Gasteiger partial charge in [0.2, 0.25) is 11.8 Å². The van der Waals surface area contributed by atoms with Gasteiger partial charge in [0.15, 0.2) is 0 Å². The number of amides is 1. The molecule has 0 spiro atoms. The molecule has 1 saturated carbocycles. The molecule has 1 aromatic carbocycles. The summed E-state index contributed by atoms with van der Waals surface area (Å²) in [6.45, 7) is 3.02. The van der Waals surface area contributed by atoms with Crippen molar-refractivity contribution < 1.29 is 14.3 Å². The maximum Gasteiger partial charge on any atom is 0.223 e. The third kappa shape index (κ3) is 6.86. The number of nitrogens with one attached hydrogen (secondary N) is 1. The number of carbonyl (C=O) groups is 1. The molecule has 28 heavy (non-hydrogen) atoms. The molecule has 6 nitrogen and oxygen atoms in total. The van der Waals surface area contributed by atoms with Gasteiger partial charge in [-0.25, -0.2) is 4.98 Å². The normalized spacial score (nSPS) is 17.8. The number of benzene rings is 1. The summed E-state index contributed by atoms with van der Waals surface area (Å²) in [6, 6.07) is 11.2. The minimum Gasteiger partial charge on any atom is -0.494 e. The third-order valence-corrected chi connectivity index (χ3v) is 4.47. The standard InChI is InChI=1S/C20H25N3O3.2ClH/c1-2-25-17-5-7-18(8-6-17)26-19-11-14(9-10-22-19)13-23-20(24)15-3-4-16(21)12-15;;/h5-11,15-16H,2-4,12-13,21H2,1H3,(H,23,24);2*1H. The molecule has 3 rings (SSSR count). The Morgan fingerprint density at radius 2 is 1.89 bits per heavy atom. The van der Waals surface area contributed by atoms with Crippen molar-refractivity contribution in [3.05, 3.63) is 48.2 Å². The number of nitrogens with two attached hydrogens (primary N) is 1. The minimum absolute atomic E-state index is 0. The van der Waals surface area contributed by atoms with Gasteiger partial charge in [-0.05, 0) is 62.1 Å². The quantitative estimate of drug-likeness (QED) is 0.700. The predicted molar refractivity (Wildman–Crippen MR) is 114 cm³/mol. The lowest BCUT2D eigenvalue weighted by molar-refractivity contribution is -0.125. The van der Waals surface area contributed by atoms with Crippen LogP contribution in [-0.2, 0) is 11.3 Å². The number of nitrogens with zero attached hydrogens (tertiary/aromatic N) is 1. The maximum absolute atomic E-state index is 12.2. The van der Waals surface area contributed by atoms with Gasteiger partial charge in [0.05, 0.1) is 6.61 Å². The second-order valence-corrected chi connectivity index (χ2v) is 6.50. The fraction of sp³-hybridized carbons (Fsp3) is 0.400. The number of aromatic nitrogens is 1. The molecule has 2 atom stereocenters. The van der Waals surface area contributed by atoms with Crippen LogP contribution < -0.4 is 20.5 Å². The summed E-state index contributed by atoms with van der Waals surface area (Å²) in [5.41, 5.74) is 6.82. The molecule has 1 aliphatic rings. The predicted octanol–water partition coefficient (Wildman–Crippen LogP) is 3.86. The number of carbonyl (C=O) groups excluding carboxylic acids is 1. The summed E-state index contributed by atoms with van der Waals surface area (Å²) in [5.74, 6) is 2.08. The van der Waals surface area contributed by atoms with Crippen molar-refractivity contribution in [3.8, 4) is 17.4 Å². The lowest BCUT2D eigenvalue weighted by Gasteiger charge is -2.11. The molecule has 2 unspecified atom stereocenters. The Balaban J connectivity index is 0.00000196. The van der Waals surface area contributed by atoms with E-state index in [0.717, 1.165) is 30.6 Å². The highest BCUT2D eigenvalue weighted by atomic mass is 35.5. The minimum atomic E-state index is 0. The van der Waals surface area contributed by atoms with E-state index < -0.39 is 0 Å². The highest BCUT2D eigenvalue weighted by Gasteiger charge is 2.27. The lowest BCUT2D eigenvalue weighted by atomic mass is 10.1. The number of pyridine rings is 1. The molecule has 3 N–H and O–H groups in total. The molecular formula is C20H27Cl2N3O3. The van der Waals surface area contributed by atoms with Crippen LogP contribution in [0.15, 0.2) is 42.6 Å². The molecule has 1 aliphatic carbocycles. The van der Waals surface area contributed by atoms with E-state index in [0.29, 0.717) is 24.8 Å². The second-order valence-electron chi connectivity index (χ2n) is 6.50. The van der Waals surface area contributed by atoms with Gasteiger partial charge in [-0.3, -0.25) is 4.79 Å². The molecule has 154 valence electrons. The van der Waals surface area contributed by atoms with Crippen molar-refractivity contribution in [2.75, 3.05) is 6.61 Å². The fourth-order valence-corrected chi connectivity index (χ4v) is 3.10. The van der Waals surface area contributed by atoms with E-state index in [2.05, 4.69) is 10.3 Å². The van der Waals surface area contributed by atoms with E-state index in [4.69, 9.17) is 15.2 Å². The molecular weight excluding hydrogens is 401 g/mol. The highest BCUT2D eigenvalue weighted by Crippen LogP contribution is 2.25. The number of rotatable bonds is 7. The van der Waals surface area contributed by atoms with Crippen LogP contribution in [0.25, 0.3) is 0 Å². The first-order chi connectivity index (χ1) is 12.6. The van der Waals surface area contributed by atoms with E-state index in [-0.39, 0.29) is 42.7 Å². The Labute approximate surface area is 178 Å². The van der Waals surface area contributed by atoms with Crippen LogP contribution in [0.3, 0.4) is 0 Å². The first-order valence-corrected chi connectivity index (χ1v) is 9.03. The number of halogens is 2. The van der Waals surface area contributed by atoms with Crippen molar-refractivity contribution in [3.63, 3.8) is 0 Å². The van der Waals surface area contributed by atoms with Crippen LogP contribution >= 0.6 is 24.8 Å². The average Bonchev–Trinajstić information content (AvgIpc) is 3.08. The van der Waals surface area contributed by atoms with Crippen LogP contribution in [0.5, 0.6) is 17.4 Å². The van der Waals surface area contributed by atoms with Gasteiger partial charge in [0, 0.05) is 30.8 Å². The molecule has 2 aromatic rings. The molecule has 0 saturated heterocycles. The molecule has 1 heterocycles. The Bertz CT molecular complexity index is 744. The Hall–Kier alpha value is -2.02. The molecule has 8 heteroatoms. The summed E-state index contributed by atoms with van der Waals surface area (Å²) in [4.78, 5) is 16.4. The fourth-order valence-electron chi connectivity index (χ4n) is 3.10. The van der Waals surface area contributed by atoms with Crippen LogP contribution in [0.4, 0.5) is 0 Å². The molecule has 0 aliphatic heterocycles. The zero-order chi connectivity index (χ0) is 18.4. The van der Waals surface area contributed by atoms with E-state index in [9.17, 15) is 4.79 Å². The Morgan fingerprint density at radius 3 is 2.54 bits per heavy atom. The number of hydrogen-bond acceptors (Lipinski definition) is 5. The molecule has 0 radical (unpaired) electrons. The van der Waals surface area contributed by atoms with E-state index >= 15 is 0 Å². The van der Waals surface area contributed by atoms with Crippen LogP contribution in [-0.4, -0.2) is 23.5 Å². The first-order valence-electron chi connectivity index (χ1n) is 9.03. The molecule has 1 amide bonds. The average molecular weight is 428 g/mol. The highest BCUT2D eigenvalue weighted by molar-refractivity contribution is 5.85. The maximum atomic E-state index is 12.2. The summed E-state index contributed by atoms with van der Waals surface area (Å²) >= 11 is 0. The molecule has 1 fully saturated rings. The number of ether oxygens (including phenoxy) is 2. The van der Waals surface area contributed by atoms with Gasteiger partial charge < -0.3 is 20.5 Å². The van der Waals surface area contributed by atoms with Crippen molar-refractivity contribution in [1.82, 2.24) is 10.3 Å². The Kier molecular flexibility index (Phi) is 10.1. The van der Waals surface area contributed by atoms with E-state index in [1.807, 2.05) is 43.3 Å². The lowest BCUT2D eigenvalue weighted by Crippen LogP contribution is -2.30. The van der Waals surface area contributed by atoms with Crippen molar-refractivity contribution in [1.29, 1.82) is 0 Å². The zero-order valence-corrected chi connectivity index (χ0v) is 17.4. The monoisotopic (exact) mass is 427 g/mol. The van der Waals surface area contributed by atoms with E-state index in [1.54, 1.807) is 6.20 Å². The third-order valence-electron chi connectivity index (χ3n) is 4.47. The Morgan fingerprint density at radius 1 is 1.18 bits per heavy atom. The van der Waals surface area contributed by atoms with Gasteiger partial charge in [0.25, 0.3) is 0 Å². The summed E-state index contributed by atoms with van der Waals surface area (Å²) in [5, 5.41) is 2.98. The molecule has 0 bridgehead atoms. The van der Waals surface area contributed by atoms with Crippen LogP contribution in [0.2, 0.25) is 0 Å². The topological polar surface area (TPSA) is 86.5 Å². The summed E-state index contributed by atoms with van der Waals surface area (Å²) < 4.78 is 11.2.